The molecule has 0 fully saturated rings. The zero-order valence-corrected chi connectivity index (χ0v) is 10.2. The summed E-state index contributed by atoms with van der Waals surface area (Å²) in [6.45, 7) is -0.652. The Kier molecular flexibility index (Phi) is 4.46. The van der Waals surface area contributed by atoms with Crippen molar-refractivity contribution in [3.05, 3.63) is 30.3 Å². The third-order valence-corrected chi connectivity index (χ3v) is 3.35. The maximum absolute atomic E-state index is 11.4. The van der Waals surface area contributed by atoms with Crippen LogP contribution in [-0.2, 0) is 24.6 Å². The van der Waals surface area contributed by atoms with E-state index in [1.165, 1.54) is 0 Å². The standard InChI is InChI=1S/C8H11NO6S2/c10-16(11,7-6-15-17(12,13)14)9-8-4-2-1-3-5-8/h1-5,9H,6-7H2,(H,12,13,14). The molecule has 0 aliphatic heterocycles. The van der Waals surface area contributed by atoms with E-state index in [0.29, 0.717) is 5.69 Å². The van der Waals surface area contributed by atoms with Crippen LogP contribution in [0.5, 0.6) is 0 Å². The molecule has 0 saturated carbocycles. The highest BCUT2D eigenvalue weighted by molar-refractivity contribution is 7.92. The van der Waals surface area contributed by atoms with Gasteiger partial charge in [-0.05, 0) is 12.1 Å². The van der Waals surface area contributed by atoms with Crippen molar-refractivity contribution in [3.8, 4) is 0 Å². The van der Waals surface area contributed by atoms with E-state index >= 15 is 0 Å². The van der Waals surface area contributed by atoms with Crippen LogP contribution in [0.4, 0.5) is 5.69 Å². The highest BCUT2D eigenvalue weighted by Gasteiger charge is 2.13. The highest BCUT2D eigenvalue weighted by atomic mass is 32.3. The van der Waals surface area contributed by atoms with E-state index in [4.69, 9.17) is 4.55 Å². The van der Waals surface area contributed by atoms with E-state index < -0.39 is 32.8 Å². The van der Waals surface area contributed by atoms with E-state index in [1.54, 1.807) is 30.3 Å². The molecule has 0 spiro atoms. The molecule has 7 nitrogen and oxygen atoms in total. The number of rotatable bonds is 6. The Hall–Kier alpha value is -1.16. The number of nitrogens with one attached hydrogen (secondary N) is 1. The molecular formula is C8H11NO6S2. The first-order valence-corrected chi connectivity index (χ1v) is 7.48. The van der Waals surface area contributed by atoms with Crippen molar-refractivity contribution in [1.29, 1.82) is 0 Å². The minimum absolute atomic E-state index is 0.361. The van der Waals surface area contributed by atoms with Gasteiger partial charge in [0.05, 0.1) is 12.4 Å². The fourth-order valence-corrected chi connectivity index (χ4v) is 2.29. The largest absolute Gasteiger partial charge is 0.397 e. The second-order valence-corrected chi connectivity index (χ2v) is 5.97. The molecule has 0 aliphatic rings. The van der Waals surface area contributed by atoms with E-state index in [9.17, 15) is 16.8 Å². The minimum Gasteiger partial charge on any atom is -0.283 e. The lowest BCUT2D eigenvalue weighted by molar-refractivity contribution is 0.284. The van der Waals surface area contributed by atoms with Crippen LogP contribution >= 0.6 is 0 Å². The Bertz CT molecular complexity index is 551. The van der Waals surface area contributed by atoms with Gasteiger partial charge in [0, 0.05) is 5.69 Å². The SMILES string of the molecule is O=S(=O)(CCOS(=O)(=O)O)Nc1ccccc1. The fourth-order valence-electron chi connectivity index (χ4n) is 0.986. The zero-order valence-electron chi connectivity index (χ0n) is 8.61. The van der Waals surface area contributed by atoms with Crippen molar-refractivity contribution >= 4 is 26.1 Å². The highest BCUT2D eigenvalue weighted by Crippen LogP contribution is 2.07. The normalized spacial score (nSPS) is 12.3. The van der Waals surface area contributed by atoms with Gasteiger partial charge in [-0.2, -0.15) is 8.42 Å². The molecule has 0 amide bonds. The molecular weight excluding hydrogens is 270 g/mol. The molecule has 17 heavy (non-hydrogen) atoms. The fraction of sp³-hybridized carbons (Fsp3) is 0.250. The lowest BCUT2D eigenvalue weighted by Crippen LogP contribution is -2.21. The topological polar surface area (TPSA) is 110 Å². The molecule has 0 aromatic heterocycles. The summed E-state index contributed by atoms with van der Waals surface area (Å²) in [7, 11) is -8.32. The first-order chi connectivity index (χ1) is 7.79. The van der Waals surface area contributed by atoms with E-state index in [2.05, 4.69) is 8.91 Å². The molecule has 2 N–H and O–H groups in total. The summed E-state index contributed by atoms with van der Waals surface area (Å²) < 4.78 is 57.6. The molecule has 0 radical (unpaired) electrons. The monoisotopic (exact) mass is 281 g/mol. The first kappa shape index (κ1) is 13.9. The summed E-state index contributed by atoms with van der Waals surface area (Å²) in [6, 6.07) is 8.10. The van der Waals surface area contributed by atoms with Crippen LogP contribution in [0, 0.1) is 0 Å². The van der Waals surface area contributed by atoms with Crippen molar-refractivity contribution in [1.82, 2.24) is 0 Å². The number of hydrogen-bond donors (Lipinski definition) is 2. The summed E-state index contributed by atoms with van der Waals surface area (Å²) in [5.74, 6) is -0.582. The lowest BCUT2D eigenvalue weighted by atomic mass is 10.3. The quantitative estimate of drug-likeness (QED) is 0.723. The van der Waals surface area contributed by atoms with Crippen LogP contribution in [0.15, 0.2) is 30.3 Å². The number of anilines is 1. The molecule has 96 valence electrons. The van der Waals surface area contributed by atoms with Crippen molar-refractivity contribution < 1.29 is 25.6 Å². The van der Waals surface area contributed by atoms with Crippen molar-refractivity contribution in [2.45, 2.75) is 0 Å². The van der Waals surface area contributed by atoms with Crippen LogP contribution in [0.3, 0.4) is 0 Å². The summed E-state index contributed by atoms with van der Waals surface area (Å²) in [5.41, 5.74) is 0.361. The molecule has 0 unspecified atom stereocenters. The van der Waals surface area contributed by atoms with Gasteiger partial charge in [-0.25, -0.2) is 12.6 Å². The number of hydrogen-bond acceptors (Lipinski definition) is 5. The summed E-state index contributed by atoms with van der Waals surface area (Å²) in [4.78, 5) is 0. The van der Waals surface area contributed by atoms with Gasteiger partial charge in [0.1, 0.15) is 0 Å². The number of para-hydroxylation sites is 1. The summed E-state index contributed by atoms with van der Waals surface area (Å²) in [6.07, 6.45) is 0. The smallest absolute Gasteiger partial charge is 0.283 e. The van der Waals surface area contributed by atoms with Crippen molar-refractivity contribution in [2.24, 2.45) is 0 Å². The average molecular weight is 281 g/mol. The lowest BCUT2D eigenvalue weighted by Gasteiger charge is -2.06. The molecule has 1 rings (SSSR count). The Morgan fingerprint density at radius 2 is 1.71 bits per heavy atom. The second-order valence-electron chi connectivity index (χ2n) is 3.04. The van der Waals surface area contributed by atoms with Crippen LogP contribution in [-0.4, -0.2) is 33.7 Å². The molecule has 0 saturated heterocycles. The Balaban J connectivity index is 2.53. The molecule has 9 heteroatoms. The summed E-state index contributed by atoms with van der Waals surface area (Å²) >= 11 is 0. The maximum atomic E-state index is 11.4. The van der Waals surface area contributed by atoms with E-state index in [1.807, 2.05) is 0 Å². The predicted molar refractivity (Wildman–Crippen MR) is 61.4 cm³/mol. The third-order valence-electron chi connectivity index (χ3n) is 1.63. The van der Waals surface area contributed by atoms with Crippen molar-refractivity contribution in [3.63, 3.8) is 0 Å². The minimum atomic E-state index is -4.61. The van der Waals surface area contributed by atoms with Gasteiger partial charge in [-0.1, -0.05) is 18.2 Å². The molecule has 1 aromatic rings. The Morgan fingerprint density at radius 1 is 1.12 bits per heavy atom. The molecule has 1 aromatic carbocycles. The van der Waals surface area contributed by atoms with Crippen molar-refractivity contribution in [2.75, 3.05) is 17.1 Å². The number of benzene rings is 1. The molecule has 0 heterocycles. The molecule has 0 atom stereocenters. The van der Waals surface area contributed by atoms with Crippen LogP contribution < -0.4 is 4.72 Å². The Labute approximate surface area is 99.4 Å². The Morgan fingerprint density at radius 3 is 2.24 bits per heavy atom. The van der Waals surface area contributed by atoms with Crippen LogP contribution in [0.2, 0.25) is 0 Å². The maximum Gasteiger partial charge on any atom is 0.397 e. The van der Waals surface area contributed by atoms with Gasteiger partial charge in [0.25, 0.3) is 0 Å². The van der Waals surface area contributed by atoms with Gasteiger partial charge < -0.3 is 0 Å². The van der Waals surface area contributed by atoms with Gasteiger partial charge in [-0.15, -0.1) is 0 Å². The molecule has 0 bridgehead atoms. The van der Waals surface area contributed by atoms with E-state index in [-0.39, 0.29) is 0 Å². The third kappa shape index (κ3) is 6.22. The zero-order chi connectivity index (χ0) is 12.9. The van der Waals surface area contributed by atoms with Gasteiger partial charge in [0.15, 0.2) is 0 Å². The predicted octanol–water partition coefficient (Wildman–Crippen LogP) is 0.248. The van der Waals surface area contributed by atoms with Gasteiger partial charge in [0.2, 0.25) is 10.0 Å². The average Bonchev–Trinajstić information content (AvgIpc) is 2.15. The van der Waals surface area contributed by atoms with E-state index in [0.717, 1.165) is 0 Å². The summed E-state index contributed by atoms with van der Waals surface area (Å²) in [5, 5.41) is 0. The second kappa shape index (κ2) is 5.45. The molecule has 0 aliphatic carbocycles. The number of sulfonamides is 1. The first-order valence-electron chi connectivity index (χ1n) is 4.46. The van der Waals surface area contributed by atoms with Gasteiger partial charge >= 0.3 is 10.4 Å². The van der Waals surface area contributed by atoms with Crippen LogP contribution in [0.25, 0.3) is 0 Å². The van der Waals surface area contributed by atoms with Crippen LogP contribution in [0.1, 0.15) is 0 Å². The van der Waals surface area contributed by atoms with Gasteiger partial charge in [-0.3, -0.25) is 9.27 Å².